The van der Waals surface area contributed by atoms with Gasteiger partial charge in [-0.05, 0) is 28.9 Å². The van der Waals surface area contributed by atoms with Crippen molar-refractivity contribution in [2.45, 2.75) is 19.4 Å². The van der Waals surface area contributed by atoms with Gasteiger partial charge >= 0.3 is 0 Å². The third-order valence-corrected chi connectivity index (χ3v) is 3.43. The van der Waals surface area contributed by atoms with E-state index in [2.05, 4.69) is 47.2 Å². The Morgan fingerprint density at radius 2 is 2.41 bits per heavy atom. The van der Waals surface area contributed by atoms with Gasteiger partial charge in [-0.3, -0.25) is 0 Å². The molecule has 0 spiro atoms. The minimum absolute atomic E-state index is 0.0249. The lowest BCUT2D eigenvalue weighted by atomic mass is 10.1. The van der Waals surface area contributed by atoms with E-state index in [1.807, 2.05) is 7.05 Å². The zero-order chi connectivity index (χ0) is 12.3. The van der Waals surface area contributed by atoms with Gasteiger partial charge < -0.3 is 5.32 Å². The van der Waals surface area contributed by atoms with Crippen molar-refractivity contribution in [3.05, 3.63) is 22.2 Å². The second kappa shape index (κ2) is 5.65. The van der Waals surface area contributed by atoms with Crippen LogP contribution in [0.4, 0.5) is 0 Å². The molecule has 1 atom stereocenters. The Bertz CT molecular complexity index is 448. The molecule has 0 amide bonds. The maximum atomic E-state index is 4.29. The molecule has 17 heavy (non-hydrogen) atoms. The first-order chi connectivity index (χ1) is 8.24. The van der Waals surface area contributed by atoms with Crippen molar-refractivity contribution in [3.63, 3.8) is 0 Å². The van der Waals surface area contributed by atoms with E-state index in [1.165, 1.54) is 11.7 Å². The Hall–Kier alpha value is -0.860. The van der Waals surface area contributed by atoms with Crippen LogP contribution in [0.25, 0.3) is 0 Å². The summed E-state index contributed by atoms with van der Waals surface area (Å²) in [6, 6.07) is -0.0249. The highest BCUT2D eigenvalue weighted by molar-refractivity contribution is 9.10. The summed E-state index contributed by atoms with van der Waals surface area (Å²) in [6.45, 7) is 3.03. The predicted molar refractivity (Wildman–Crippen MR) is 68.7 cm³/mol. The number of aromatic nitrogens is 5. The van der Waals surface area contributed by atoms with Crippen LogP contribution in [0.1, 0.15) is 30.8 Å². The van der Waals surface area contributed by atoms with Gasteiger partial charge in [0, 0.05) is 7.05 Å². The first-order valence-corrected chi connectivity index (χ1v) is 6.82. The van der Waals surface area contributed by atoms with E-state index in [0.717, 1.165) is 29.0 Å². The Kier molecular flexibility index (Phi) is 4.19. The largest absolute Gasteiger partial charge is 0.304 e. The molecule has 2 rings (SSSR count). The van der Waals surface area contributed by atoms with Crippen molar-refractivity contribution in [2.75, 3.05) is 6.54 Å². The van der Waals surface area contributed by atoms with Gasteiger partial charge in [-0.15, -0.1) is 5.10 Å². The first-order valence-electron chi connectivity index (χ1n) is 5.30. The fourth-order valence-corrected chi connectivity index (χ4v) is 2.58. The fourth-order valence-electron chi connectivity index (χ4n) is 1.57. The lowest BCUT2D eigenvalue weighted by Gasteiger charge is -2.16. The second-order valence-corrected chi connectivity index (χ2v) is 4.92. The number of aryl methyl sites for hydroxylation is 1. The molecule has 0 fully saturated rings. The monoisotopic (exact) mass is 316 g/mol. The van der Waals surface area contributed by atoms with Crippen LogP contribution in [0.2, 0.25) is 0 Å². The molecule has 2 heterocycles. The van der Waals surface area contributed by atoms with Crippen LogP contribution in [0.5, 0.6) is 0 Å². The molecule has 2 aromatic rings. The van der Waals surface area contributed by atoms with E-state index in [1.54, 1.807) is 10.9 Å². The van der Waals surface area contributed by atoms with Crippen molar-refractivity contribution in [3.8, 4) is 0 Å². The van der Waals surface area contributed by atoms with E-state index in [-0.39, 0.29) is 6.04 Å². The van der Waals surface area contributed by atoms with Gasteiger partial charge in [-0.1, -0.05) is 12.1 Å². The normalized spacial score (nSPS) is 12.9. The average molecular weight is 317 g/mol. The Morgan fingerprint density at radius 3 is 2.94 bits per heavy atom. The molecule has 0 radical (unpaired) electrons. The minimum atomic E-state index is -0.0249. The summed E-state index contributed by atoms with van der Waals surface area (Å²) in [4.78, 5) is 0. The van der Waals surface area contributed by atoms with Crippen molar-refractivity contribution in [2.24, 2.45) is 7.05 Å². The maximum absolute atomic E-state index is 4.29. The van der Waals surface area contributed by atoms with Crippen LogP contribution in [0.3, 0.4) is 0 Å². The highest BCUT2D eigenvalue weighted by Crippen LogP contribution is 2.25. The van der Waals surface area contributed by atoms with Gasteiger partial charge in [0.1, 0.15) is 0 Å². The summed E-state index contributed by atoms with van der Waals surface area (Å²) in [6.07, 6.45) is 2.83. The number of hydrogen-bond acceptors (Lipinski definition) is 6. The van der Waals surface area contributed by atoms with Gasteiger partial charge in [0.2, 0.25) is 0 Å². The van der Waals surface area contributed by atoms with E-state index in [4.69, 9.17) is 0 Å². The van der Waals surface area contributed by atoms with E-state index < -0.39 is 0 Å². The molecule has 0 aliphatic heterocycles. The molecule has 0 aromatic carbocycles. The van der Waals surface area contributed by atoms with Crippen molar-refractivity contribution < 1.29 is 0 Å². The maximum Gasteiger partial charge on any atom is 0.153 e. The molecule has 0 aliphatic carbocycles. The molecular weight excluding hydrogens is 304 g/mol. The quantitative estimate of drug-likeness (QED) is 0.905. The van der Waals surface area contributed by atoms with Crippen LogP contribution in [0, 0.1) is 0 Å². The zero-order valence-electron chi connectivity index (χ0n) is 9.59. The number of hydrogen-bond donors (Lipinski definition) is 1. The number of halogens is 1. The van der Waals surface area contributed by atoms with E-state index in [9.17, 15) is 0 Å². The Balaban J connectivity index is 2.33. The fraction of sp³-hybridized carbons (Fsp3) is 0.556. The van der Waals surface area contributed by atoms with Gasteiger partial charge in [-0.2, -0.15) is 8.75 Å². The molecule has 6 nitrogen and oxygen atoms in total. The molecule has 2 aromatic heterocycles. The average Bonchev–Trinajstić information content (AvgIpc) is 2.93. The topological polar surface area (TPSA) is 68.5 Å². The third kappa shape index (κ3) is 2.70. The summed E-state index contributed by atoms with van der Waals surface area (Å²) >= 11 is 4.62. The smallest absolute Gasteiger partial charge is 0.153 e. The molecule has 92 valence electrons. The van der Waals surface area contributed by atoms with Crippen molar-refractivity contribution in [1.29, 1.82) is 0 Å². The minimum Gasteiger partial charge on any atom is -0.304 e. The molecule has 0 aliphatic rings. The summed E-state index contributed by atoms with van der Waals surface area (Å²) in [5.74, 6) is 0. The molecule has 0 saturated carbocycles. The number of nitrogens with one attached hydrogen (secondary N) is 1. The lowest BCUT2D eigenvalue weighted by Crippen LogP contribution is -2.25. The van der Waals surface area contributed by atoms with Crippen LogP contribution >= 0.6 is 27.7 Å². The summed E-state index contributed by atoms with van der Waals surface area (Å²) < 4.78 is 10.8. The first kappa shape index (κ1) is 12.6. The second-order valence-electron chi connectivity index (χ2n) is 3.61. The molecular formula is C9H13BrN6S. The summed E-state index contributed by atoms with van der Waals surface area (Å²) in [5.41, 5.74) is 1.86. The van der Waals surface area contributed by atoms with Crippen LogP contribution < -0.4 is 5.32 Å². The van der Waals surface area contributed by atoms with Gasteiger partial charge in [0.25, 0.3) is 0 Å². The van der Waals surface area contributed by atoms with Crippen molar-refractivity contribution >= 4 is 27.7 Å². The third-order valence-electron chi connectivity index (χ3n) is 2.37. The van der Waals surface area contributed by atoms with Crippen LogP contribution in [-0.4, -0.2) is 30.3 Å². The molecule has 0 bridgehead atoms. The molecule has 1 N–H and O–H groups in total. The highest BCUT2D eigenvalue weighted by atomic mass is 79.9. The Labute approximate surface area is 112 Å². The van der Waals surface area contributed by atoms with Crippen molar-refractivity contribution in [1.82, 2.24) is 29.1 Å². The molecule has 1 unspecified atom stereocenters. The standard InChI is InChI=1S/C9H13BrN6S/c1-3-4-11-7(6-5-12-17-14-6)8-9(10)13-15-16(8)2/h5,7,11H,3-4H2,1-2H3. The number of rotatable bonds is 5. The Morgan fingerprint density at radius 1 is 1.59 bits per heavy atom. The van der Waals surface area contributed by atoms with E-state index in [0.29, 0.717) is 0 Å². The van der Waals surface area contributed by atoms with Crippen LogP contribution in [0.15, 0.2) is 10.8 Å². The van der Waals surface area contributed by atoms with E-state index >= 15 is 0 Å². The van der Waals surface area contributed by atoms with Gasteiger partial charge in [0.05, 0.1) is 35.4 Å². The van der Waals surface area contributed by atoms with Gasteiger partial charge in [-0.25, -0.2) is 4.68 Å². The number of nitrogens with zero attached hydrogens (tertiary/aromatic N) is 5. The summed E-state index contributed by atoms with van der Waals surface area (Å²) in [5, 5.41) is 11.4. The SMILES string of the molecule is CCCNC(c1cnsn1)c1c(Br)nnn1C. The van der Waals surface area contributed by atoms with Crippen LogP contribution in [-0.2, 0) is 7.05 Å². The highest BCUT2D eigenvalue weighted by Gasteiger charge is 2.23. The summed E-state index contributed by atoms with van der Waals surface area (Å²) in [7, 11) is 1.87. The zero-order valence-corrected chi connectivity index (χ0v) is 12.0. The van der Waals surface area contributed by atoms with Gasteiger partial charge in [0.15, 0.2) is 4.60 Å². The lowest BCUT2D eigenvalue weighted by molar-refractivity contribution is 0.542. The molecule has 0 saturated heterocycles. The predicted octanol–water partition coefficient (Wildman–Crippen LogP) is 1.52. The molecule has 8 heteroatoms.